The van der Waals surface area contributed by atoms with Crippen LogP contribution < -0.4 is 0 Å². The summed E-state index contributed by atoms with van der Waals surface area (Å²) in [4.78, 5) is 13.0. The van der Waals surface area contributed by atoms with Gasteiger partial charge in [0.2, 0.25) is 10.0 Å². The topological polar surface area (TPSA) is 85.4 Å². The summed E-state index contributed by atoms with van der Waals surface area (Å²) in [6.07, 6.45) is 3.29. The highest BCUT2D eigenvalue weighted by molar-refractivity contribution is 7.89. The zero-order valence-corrected chi connectivity index (χ0v) is 21.2. The van der Waals surface area contributed by atoms with Gasteiger partial charge in [-0.3, -0.25) is 4.90 Å². The molecular formula is C22H37ClN2O6S. The minimum absolute atomic E-state index is 0.197. The van der Waals surface area contributed by atoms with Crippen LogP contribution in [0.1, 0.15) is 47.0 Å². The van der Waals surface area contributed by atoms with Gasteiger partial charge in [-0.25, -0.2) is 13.2 Å². The molecule has 0 unspecified atom stereocenters. The average Bonchev–Trinajstić information content (AvgIpc) is 3.45. The molecule has 2 saturated heterocycles. The SMILES string of the molecule is CC.CCC.O=C(OC1CC1)N1CCOC1.O=S(=O)(c1ccc(Cl)cc1)N1CCOCC1. The summed E-state index contributed by atoms with van der Waals surface area (Å²) in [5.74, 6) is 0. The van der Waals surface area contributed by atoms with Gasteiger partial charge in [0.25, 0.3) is 0 Å². The number of sulfonamides is 1. The van der Waals surface area contributed by atoms with Gasteiger partial charge >= 0.3 is 6.09 Å². The first-order chi connectivity index (χ1) is 15.4. The third-order valence-electron chi connectivity index (χ3n) is 4.22. The Bertz CT molecular complexity index is 744. The maximum atomic E-state index is 12.1. The number of hydrogen-bond acceptors (Lipinski definition) is 6. The van der Waals surface area contributed by atoms with E-state index in [2.05, 4.69) is 13.8 Å². The molecule has 1 aromatic rings. The maximum absolute atomic E-state index is 12.1. The fraction of sp³-hybridized carbons (Fsp3) is 0.682. The summed E-state index contributed by atoms with van der Waals surface area (Å²) >= 11 is 5.72. The minimum atomic E-state index is -3.38. The van der Waals surface area contributed by atoms with Crippen molar-refractivity contribution in [2.75, 3.05) is 46.2 Å². The lowest BCUT2D eigenvalue weighted by Crippen LogP contribution is -2.40. The number of carbonyl (C=O) groups is 1. The first-order valence-corrected chi connectivity index (χ1v) is 13.1. The van der Waals surface area contributed by atoms with E-state index < -0.39 is 10.0 Å². The average molecular weight is 493 g/mol. The van der Waals surface area contributed by atoms with Crippen LogP contribution in [0, 0.1) is 0 Å². The van der Waals surface area contributed by atoms with Gasteiger partial charge in [0, 0.05) is 24.7 Å². The summed E-state index contributed by atoms with van der Waals surface area (Å²) in [5.41, 5.74) is 0. The molecule has 1 saturated carbocycles. The van der Waals surface area contributed by atoms with E-state index in [-0.39, 0.29) is 17.1 Å². The molecular weight excluding hydrogens is 456 g/mol. The molecule has 0 atom stereocenters. The van der Waals surface area contributed by atoms with Gasteiger partial charge in [0.1, 0.15) is 12.8 Å². The molecule has 0 spiro atoms. The molecule has 1 amide bonds. The second kappa shape index (κ2) is 15.4. The fourth-order valence-electron chi connectivity index (χ4n) is 2.50. The van der Waals surface area contributed by atoms with E-state index >= 15 is 0 Å². The largest absolute Gasteiger partial charge is 0.446 e. The van der Waals surface area contributed by atoms with E-state index in [0.717, 1.165) is 12.8 Å². The standard InChI is InChI=1S/C10H12ClNO3S.C7H11NO3.C3H8.C2H6/c11-9-1-3-10(4-2-9)16(13,14)12-5-7-15-8-6-12;9-7(11-6-1-2-6)8-3-4-10-5-8;1-3-2;1-2/h1-4H,5-8H2;6H,1-5H2;3H2,1-2H3;1-2H3. The molecule has 4 rings (SSSR count). The molecule has 0 bridgehead atoms. The van der Waals surface area contributed by atoms with E-state index in [1.807, 2.05) is 13.8 Å². The molecule has 1 aliphatic carbocycles. The predicted molar refractivity (Wildman–Crippen MR) is 125 cm³/mol. The van der Waals surface area contributed by atoms with Crippen molar-refractivity contribution in [2.24, 2.45) is 0 Å². The van der Waals surface area contributed by atoms with Crippen LogP contribution in [0.25, 0.3) is 0 Å². The summed E-state index contributed by atoms with van der Waals surface area (Å²) in [6.45, 7) is 11.7. The van der Waals surface area contributed by atoms with Crippen molar-refractivity contribution in [3.63, 3.8) is 0 Å². The summed E-state index contributed by atoms with van der Waals surface area (Å²) in [7, 11) is -3.38. The van der Waals surface area contributed by atoms with Gasteiger partial charge < -0.3 is 14.2 Å². The highest BCUT2D eigenvalue weighted by Gasteiger charge is 2.29. The van der Waals surface area contributed by atoms with Crippen molar-refractivity contribution in [3.8, 4) is 0 Å². The van der Waals surface area contributed by atoms with Crippen molar-refractivity contribution in [2.45, 2.75) is 58.0 Å². The zero-order chi connectivity index (χ0) is 24.0. The van der Waals surface area contributed by atoms with E-state index in [0.29, 0.717) is 51.2 Å². The molecule has 3 fully saturated rings. The van der Waals surface area contributed by atoms with Crippen LogP contribution in [0.4, 0.5) is 4.79 Å². The van der Waals surface area contributed by atoms with E-state index in [9.17, 15) is 13.2 Å². The van der Waals surface area contributed by atoms with Crippen LogP contribution in [-0.4, -0.2) is 76.0 Å². The Labute approximate surface area is 197 Å². The van der Waals surface area contributed by atoms with Gasteiger partial charge in [0.15, 0.2) is 0 Å². The Morgan fingerprint density at radius 1 is 1.03 bits per heavy atom. The zero-order valence-electron chi connectivity index (χ0n) is 19.6. The molecule has 1 aromatic carbocycles. The Morgan fingerprint density at radius 3 is 2.03 bits per heavy atom. The Morgan fingerprint density at radius 2 is 1.56 bits per heavy atom. The summed E-state index contributed by atoms with van der Waals surface area (Å²) in [5, 5.41) is 0.529. The van der Waals surface area contributed by atoms with E-state index in [1.54, 1.807) is 17.0 Å². The molecule has 8 nitrogen and oxygen atoms in total. The number of amides is 1. The summed E-state index contributed by atoms with van der Waals surface area (Å²) in [6, 6.07) is 6.20. The lowest BCUT2D eigenvalue weighted by atomic mass is 10.4. The Hall–Kier alpha value is -1.39. The maximum Gasteiger partial charge on any atom is 0.411 e. The number of nitrogens with zero attached hydrogens (tertiary/aromatic N) is 2. The lowest BCUT2D eigenvalue weighted by molar-refractivity contribution is 0.0730. The predicted octanol–water partition coefficient (Wildman–Crippen LogP) is 4.38. The van der Waals surface area contributed by atoms with Crippen LogP contribution in [0.3, 0.4) is 0 Å². The van der Waals surface area contributed by atoms with Crippen molar-refractivity contribution >= 4 is 27.7 Å². The quantitative estimate of drug-likeness (QED) is 0.622. The molecule has 0 aromatic heterocycles. The molecule has 2 aliphatic heterocycles. The van der Waals surface area contributed by atoms with Gasteiger partial charge in [0.05, 0.1) is 24.7 Å². The van der Waals surface area contributed by atoms with Crippen LogP contribution in [0.2, 0.25) is 5.02 Å². The van der Waals surface area contributed by atoms with Crippen molar-refractivity contribution in [3.05, 3.63) is 29.3 Å². The number of carbonyl (C=O) groups excluding carboxylic acids is 1. The van der Waals surface area contributed by atoms with Crippen LogP contribution in [-0.2, 0) is 24.2 Å². The van der Waals surface area contributed by atoms with Gasteiger partial charge in [-0.15, -0.1) is 0 Å². The first-order valence-electron chi connectivity index (χ1n) is 11.2. The van der Waals surface area contributed by atoms with Crippen LogP contribution in [0.5, 0.6) is 0 Å². The van der Waals surface area contributed by atoms with Crippen molar-refractivity contribution in [1.82, 2.24) is 9.21 Å². The number of morpholine rings is 1. The van der Waals surface area contributed by atoms with E-state index in [1.165, 1.54) is 22.9 Å². The molecule has 3 aliphatic rings. The monoisotopic (exact) mass is 492 g/mol. The van der Waals surface area contributed by atoms with Gasteiger partial charge in [-0.2, -0.15) is 4.31 Å². The molecule has 0 N–H and O–H groups in total. The smallest absolute Gasteiger partial charge is 0.411 e. The third kappa shape index (κ3) is 10.0. The number of ether oxygens (including phenoxy) is 3. The normalized spacial score (nSPS) is 18.2. The van der Waals surface area contributed by atoms with Crippen LogP contribution >= 0.6 is 11.6 Å². The Kier molecular flexibility index (Phi) is 13.8. The molecule has 2 heterocycles. The van der Waals surface area contributed by atoms with Crippen molar-refractivity contribution in [1.29, 1.82) is 0 Å². The van der Waals surface area contributed by atoms with Gasteiger partial charge in [-0.05, 0) is 37.1 Å². The molecule has 32 heavy (non-hydrogen) atoms. The summed E-state index contributed by atoms with van der Waals surface area (Å²) < 4.78 is 40.9. The second-order valence-electron chi connectivity index (χ2n) is 7.06. The number of rotatable bonds is 3. The molecule has 0 radical (unpaired) electrons. The van der Waals surface area contributed by atoms with Crippen LogP contribution in [0.15, 0.2) is 29.2 Å². The molecule has 10 heteroatoms. The van der Waals surface area contributed by atoms with E-state index in [4.69, 9.17) is 25.8 Å². The minimum Gasteiger partial charge on any atom is -0.446 e. The Balaban J connectivity index is 0.000000278. The number of halogens is 1. The lowest BCUT2D eigenvalue weighted by Gasteiger charge is -2.25. The second-order valence-corrected chi connectivity index (χ2v) is 9.44. The first kappa shape index (κ1) is 28.6. The number of benzene rings is 1. The highest BCUT2D eigenvalue weighted by Crippen LogP contribution is 2.24. The fourth-order valence-corrected chi connectivity index (χ4v) is 4.04. The highest BCUT2D eigenvalue weighted by atomic mass is 35.5. The molecule has 184 valence electrons. The number of hydrogen-bond donors (Lipinski definition) is 0. The third-order valence-corrected chi connectivity index (χ3v) is 6.39. The van der Waals surface area contributed by atoms with Crippen molar-refractivity contribution < 1.29 is 27.4 Å². The van der Waals surface area contributed by atoms with Gasteiger partial charge in [-0.1, -0.05) is 45.7 Å².